The SMILES string of the molecule is CCCc1ccc(-n2c(C)c3c(C)nnc(C)c3c2C)c(OCC)c1. The van der Waals surface area contributed by atoms with E-state index in [9.17, 15) is 0 Å². The van der Waals surface area contributed by atoms with Crippen molar-refractivity contribution in [2.45, 2.75) is 54.4 Å². The second-order valence-electron chi connectivity index (χ2n) is 6.61. The fourth-order valence-corrected chi connectivity index (χ4v) is 3.79. The minimum Gasteiger partial charge on any atom is -0.492 e. The number of nitrogens with zero attached hydrogens (tertiary/aromatic N) is 3. The number of aromatic nitrogens is 3. The highest BCUT2D eigenvalue weighted by atomic mass is 16.5. The Morgan fingerprint density at radius 3 is 2.04 bits per heavy atom. The smallest absolute Gasteiger partial charge is 0.143 e. The molecule has 2 heterocycles. The standard InChI is InChI=1S/C21H27N3O/c1-7-9-17-10-11-18(19(12-17)25-8-2)24-15(5)20-13(3)22-23-14(4)21(20)16(24)6/h10-12H,7-9H2,1-6H3. The van der Waals surface area contributed by atoms with E-state index in [1.807, 2.05) is 20.8 Å². The zero-order valence-electron chi connectivity index (χ0n) is 16.1. The van der Waals surface area contributed by atoms with Gasteiger partial charge in [0.25, 0.3) is 0 Å². The summed E-state index contributed by atoms with van der Waals surface area (Å²) in [5, 5.41) is 11.0. The van der Waals surface area contributed by atoms with Crippen molar-refractivity contribution in [1.82, 2.24) is 14.8 Å². The van der Waals surface area contributed by atoms with Gasteiger partial charge in [-0.3, -0.25) is 0 Å². The lowest BCUT2D eigenvalue weighted by molar-refractivity contribution is 0.338. The summed E-state index contributed by atoms with van der Waals surface area (Å²) in [7, 11) is 0. The Morgan fingerprint density at radius 2 is 1.52 bits per heavy atom. The fraction of sp³-hybridized carbons (Fsp3) is 0.429. The molecule has 4 heteroatoms. The fourth-order valence-electron chi connectivity index (χ4n) is 3.79. The molecule has 0 aliphatic carbocycles. The van der Waals surface area contributed by atoms with Crippen LogP contribution >= 0.6 is 0 Å². The molecule has 0 unspecified atom stereocenters. The van der Waals surface area contributed by atoms with Crippen molar-refractivity contribution in [3.8, 4) is 11.4 Å². The summed E-state index contributed by atoms with van der Waals surface area (Å²) in [5.41, 5.74) is 6.73. The number of rotatable bonds is 5. The lowest BCUT2D eigenvalue weighted by Crippen LogP contribution is -2.04. The molecule has 3 rings (SSSR count). The third-order valence-electron chi connectivity index (χ3n) is 4.82. The zero-order valence-corrected chi connectivity index (χ0v) is 16.1. The predicted octanol–water partition coefficient (Wildman–Crippen LogP) is 5.01. The molecule has 0 amide bonds. The molecule has 0 saturated heterocycles. The minimum atomic E-state index is 0.655. The third kappa shape index (κ3) is 2.90. The van der Waals surface area contributed by atoms with Gasteiger partial charge in [0.1, 0.15) is 5.75 Å². The van der Waals surface area contributed by atoms with Crippen LogP contribution in [0.4, 0.5) is 0 Å². The normalized spacial score (nSPS) is 11.3. The van der Waals surface area contributed by atoms with E-state index >= 15 is 0 Å². The Labute approximate surface area is 149 Å². The molecule has 3 aromatic rings. The first-order chi connectivity index (χ1) is 12.0. The molecule has 0 bridgehead atoms. The minimum absolute atomic E-state index is 0.655. The van der Waals surface area contributed by atoms with Crippen LogP contribution in [0.5, 0.6) is 5.75 Å². The van der Waals surface area contributed by atoms with E-state index in [0.29, 0.717) is 6.61 Å². The van der Waals surface area contributed by atoms with E-state index in [0.717, 1.165) is 35.7 Å². The van der Waals surface area contributed by atoms with Gasteiger partial charge in [-0.2, -0.15) is 10.2 Å². The molecule has 0 aliphatic rings. The molecule has 0 atom stereocenters. The van der Waals surface area contributed by atoms with Gasteiger partial charge in [-0.25, -0.2) is 0 Å². The van der Waals surface area contributed by atoms with Crippen LogP contribution in [0.15, 0.2) is 18.2 Å². The van der Waals surface area contributed by atoms with Crippen LogP contribution in [-0.2, 0) is 6.42 Å². The van der Waals surface area contributed by atoms with Crippen molar-refractivity contribution in [3.63, 3.8) is 0 Å². The first kappa shape index (κ1) is 17.5. The highest BCUT2D eigenvalue weighted by molar-refractivity contribution is 5.92. The molecule has 132 valence electrons. The quantitative estimate of drug-likeness (QED) is 0.657. The third-order valence-corrected chi connectivity index (χ3v) is 4.82. The monoisotopic (exact) mass is 337 g/mol. The first-order valence-electron chi connectivity index (χ1n) is 9.07. The maximum absolute atomic E-state index is 5.99. The Kier molecular flexibility index (Phi) is 4.80. The Balaban J connectivity index is 2.30. The van der Waals surface area contributed by atoms with E-state index in [4.69, 9.17) is 4.74 Å². The van der Waals surface area contributed by atoms with Crippen molar-refractivity contribution in [1.29, 1.82) is 0 Å². The lowest BCUT2D eigenvalue weighted by Gasteiger charge is -2.16. The molecule has 4 nitrogen and oxygen atoms in total. The van der Waals surface area contributed by atoms with Crippen molar-refractivity contribution in [2.24, 2.45) is 0 Å². The van der Waals surface area contributed by atoms with E-state index in [2.05, 4.69) is 53.7 Å². The van der Waals surface area contributed by atoms with Crippen LogP contribution in [0.25, 0.3) is 16.5 Å². The molecule has 0 fully saturated rings. The molecule has 0 saturated carbocycles. The van der Waals surface area contributed by atoms with Gasteiger partial charge in [-0.15, -0.1) is 0 Å². The van der Waals surface area contributed by atoms with Gasteiger partial charge in [-0.1, -0.05) is 19.4 Å². The second-order valence-corrected chi connectivity index (χ2v) is 6.61. The number of hydrogen-bond donors (Lipinski definition) is 0. The average Bonchev–Trinajstić information content (AvgIpc) is 2.85. The highest BCUT2D eigenvalue weighted by Gasteiger charge is 2.19. The van der Waals surface area contributed by atoms with E-state index in [1.54, 1.807) is 0 Å². The van der Waals surface area contributed by atoms with Crippen LogP contribution in [0.3, 0.4) is 0 Å². The summed E-state index contributed by atoms with van der Waals surface area (Å²) in [6, 6.07) is 6.57. The van der Waals surface area contributed by atoms with Crippen LogP contribution in [0.1, 0.15) is 48.6 Å². The maximum atomic E-state index is 5.99. The molecule has 0 radical (unpaired) electrons. The van der Waals surface area contributed by atoms with Crippen LogP contribution in [0, 0.1) is 27.7 Å². The van der Waals surface area contributed by atoms with Crippen LogP contribution in [0.2, 0.25) is 0 Å². The number of aryl methyl sites for hydroxylation is 5. The molecule has 1 aromatic carbocycles. The van der Waals surface area contributed by atoms with E-state index < -0.39 is 0 Å². The molecular formula is C21H27N3O. The summed E-state index contributed by atoms with van der Waals surface area (Å²) in [5.74, 6) is 0.941. The number of hydrogen-bond acceptors (Lipinski definition) is 3. The molecule has 0 aliphatic heterocycles. The van der Waals surface area contributed by atoms with Crippen LogP contribution < -0.4 is 4.74 Å². The van der Waals surface area contributed by atoms with Gasteiger partial charge in [0, 0.05) is 22.2 Å². The largest absolute Gasteiger partial charge is 0.492 e. The maximum Gasteiger partial charge on any atom is 0.143 e. The summed E-state index contributed by atoms with van der Waals surface area (Å²) in [6.07, 6.45) is 2.20. The molecule has 25 heavy (non-hydrogen) atoms. The highest BCUT2D eigenvalue weighted by Crippen LogP contribution is 2.35. The first-order valence-corrected chi connectivity index (χ1v) is 9.07. The van der Waals surface area contributed by atoms with Crippen molar-refractivity contribution < 1.29 is 4.74 Å². The number of ether oxygens (including phenoxy) is 1. The Hall–Kier alpha value is -2.36. The number of fused-ring (bicyclic) bond motifs is 1. The molecule has 0 spiro atoms. The summed E-state index contributed by atoms with van der Waals surface area (Å²) in [6.45, 7) is 13.2. The van der Waals surface area contributed by atoms with Gasteiger partial charge in [0.15, 0.2) is 0 Å². The number of benzene rings is 1. The van der Waals surface area contributed by atoms with Crippen molar-refractivity contribution in [3.05, 3.63) is 46.5 Å². The lowest BCUT2D eigenvalue weighted by atomic mass is 10.1. The Morgan fingerprint density at radius 1 is 0.920 bits per heavy atom. The summed E-state index contributed by atoms with van der Waals surface area (Å²) >= 11 is 0. The van der Waals surface area contributed by atoms with E-state index in [-0.39, 0.29) is 0 Å². The van der Waals surface area contributed by atoms with Gasteiger partial charge in [0.05, 0.1) is 23.7 Å². The topological polar surface area (TPSA) is 39.9 Å². The molecule has 0 N–H and O–H groups in total. The predicted molar refractivity (Wildman–Crippen MR) is 103 cm³/mol. The second kappa shape index (κ2) is 6.87. The Bertz CT molecular complexity index is 880. The molecular weight excluding hydrogens is 310 g/mol. The van der Waals surface area contributed by atoms with E-state index in [1.165, 1.54) is 27.7 Å². The molecule has 2 aromatic heterocycles. The average molecular weight is 337 g/mol. The summed E-state index contributed by atoms with van der Waals surface area (Å²) < 4.78 is 8.28. The van der Waals surface area contributed by atoms with Gasteiger partial charge in [0.2, 0.25) is 0 Å². The van der Waals surface area contributed by atoms with Gasteiger partial charge < -0.3 is 9.30 Å². The van der Waals surface area contributed by atoms with Gasteiger partial charge in [-0.05, 0) is 58.7 Å². The van der Waals surface area contributed by atoms with Crippen molar-refractivity contribution in [2.75, 3.05) is 6.61 Å². The zero-order chi connectivity index (χ0) is 18.1. The van der Waals surface area contributed by atoms with Gasteiger partial charge >= 0.3 is 0 Å². The van der Waals surface area contributed by atoms with Crippen LogP contribution in [-0.4, -0.2) is 21.4 Å². The van der Waals surface area contributed by atoms with Crippen molar-refractivity contribution >= 4 is 10.8 Å². The summed E-state index contributed by atoms with van der Waals surface area (Å²) in [4.78, 5) is 0.